The van der Waals surface area contributed by atoms with Crippen LogP contribution in [0.5, 0.6) is 0 Å². The minimum absolute atomic E-state index is 0.179. The third-order valence-corrected chi connectivity index (χ3v) is 5.80. The molecular weight excluding hydrogens is 418 g/mol. The monoisotopic (exact) mass is 437 g/mol. The molecule has 3 aromatic rings. The fraction of sp³-hybridized carbons (Fsp3) is 0.217. The lowest BCUT2D eigenvalue weighted by atomic mass is 9.85. The molecule has 2 aromatic carbocycles. The Hall–Kier alpha value is -3.45. The fourth-order valence-electron chi connectivity index (χ4n) is 4.02. The summed E-state index contributed by atoms with van der Waals surface area (Å²) in [6.07, 6.45) is 2.77. The van der Waals surface area contributed by atoms with Gasteiger partial charge < -0.3 is 15.3 Å². The molecule has 0 atom stereocenters. The van der Waals surface area contributed by atoms with Crippen molar-refractivity contribution in [2.75, 3.05) is 18.4 Å². The lowest BCUT2D eigenvalue weighted by molar-refractivity contribution is -0.143. The molecule has 0 unspecified atom stereocenters. The summed E-state index contributed by atoms with van der Waals surface area (Å²) >= 11 is 5.78. The molecule has 7 nitrogen and oxygen atoms in total. The quantitative estimate of drug-likeness (QED) is 0.605. The molecule has 1 aliphatic rings. The van der Waals surface area contributed by atoms with Gasteiger partial charge in [-0.25, -0.2) is 9.78 Å². The van der Waals surface area contributed by atoms with E-state index in [-0.39, 0.29) is 17.3 Å². The number of fused-ring (bicyclic) bond motifs is 1. The number of anilines is 1. The third-order valence-electron chi connectivity index (χ3n) is 5.57. The summed E-state index contributed by atoms with van der Waals surface area (Å²) in [4.78, 5) is 41.9. The molecule has 1 aliphatic heterocycles. The van der Waals surface area contributed by atoms with Crippen LogP contribution in [0.3, 0.4) is 0 Å². The predicted molar refractivity (Wildman–Crippen MR) is 117 cm³/mol. The molecule has 1 fully saturated rings. The normalized spacial score (nSPS) is 14.4. The van der Waals surface area contributed by atoms with Gasteiger partial charge in [0.05, 0.1) is 10.6 Å². The molecule has 1 saturated heterocycles. The number of nitrogens with zero attached hydrogens (tertiary/aromatic N) is 2. The van der Waals surface area contributed by atoms with E-state index in [2.05, 4.69) is 10.3 Å². The molecule has 0 saturated carbocycles. The van der Waals surface area contributed by atoms with Crippen molar-refractivity contribution in [2.45, 2.75) is 18.8 Å². The van der Waals surface area contributed by atoms with Gasteiger partial charge in [0.25, 0.3) is 0 Å². The summed E-state index contributed by atoms with van der Waals surface area (Å²) < 4.78 is 0. The lowest BCUT2D eigenvalue weighted by Gasteiger charge is -2.32. The number of carbonyl (C=O) groups is 3. The maximum Gasteiger partial charge on any atom is 0.336 e. The summed E-state index contributed by atoms with van der Waals surface area (Å²) in [7, 11) is 0. The Morgan fingerprint density at radius 3 is 2.35 bits per heavy atom. The van der Waals surface area contributed by atoms with E-state index in [4.69, 9.17) is 11.6 Å². The summed E-state index contributed by atoms with van der Waals surface area (Å²) in [5, 5.41) is 14.0. The van der Waals surface area contributed by atoms with Gasteiger partial charge in [-0.3, -0.25) is 9.59 Å². The summed E-state index contributed by atoms with van der Waals surface area (Å²) in [6, 6.07) is 14.1. The Labute approximate surface area is 183 Å². The van der Waals surface area contributed by atoms with Gasteiger partial charge in [-0.2, -0.15) is 0 Å². The Balaban J connectivity index is 1.44. The Kier molecular flexibility index (Phi) is 5.86. The number of pyridine rings is 1. The number of hydrogen-bond acceptors (Lipinski definition) is 4. The SMILES string of the molecule is O=C(Nc1ccc(Cl)cn1)C(=O)N1CCC(c2ccc(C(=O)O)c3ccccc23)CC1. The third kappa shape index (κ3) is 4.36. The van der Waals surface area contributed by atoms with Crippen LogP contribution in [0.1, 0.15) is 34.7 Å². The zero-order chi connectivity index (χ0) is 22.0. The van der Waals surface area contributed by atoms with Gasteiger partial charge in [-0.1, -0.05) is 41.9 Å². The van der Waals surface area contributed by atoms with Crippen molar-refractivity contribution in [3.8, 4) is 0 Å². The molecule has 2 heterocycles. The number of halogens is 1. The number of likely N-dealkylation sites (tertiary alicyclic amines) is 1. The smallest absolute Gasteiger partial charge is 0.336 e. The number of rotatable bonds is 3. The number of carboxylic acid groups (broad SMARTS) is 1. The number of amides is 2. The molecule has 8 heteroatoms. The molecule has 1 aromatic heterocycles. The Morgan fingerprint density at radius 2 is 1.71 bits per heavy atom. The molecular formula is C23H20ClN3O4. The second-order valence-electron chi connectivity index (χ2n) is 7.44. The highest BCUT2D eigenvalue weighted by atomic mass is 35.5. The first-order chi connectivity index (χ1) is 14.9. The van der Waals surface area contributed by atoms with Gasteiger partial charge in [-0.05, 0) is 53.3 Å². The van der Waals surface area contributed by atoms with E-state index in [1.54, 1.807) is 12.1 Å². The molecule has 0 spiro atoms. The minimum atomic E-state index is -0.954. The average Bonchev–Trinajstić information content (AvgIpc) is 2.79. The van der Waals surface area contributed by atoms with Crippen LogP contribution < -0.4 is 5.32 Å². The molecule has 31 heavy (non-hydrogen) atoms. The van der Waals surface area contributed by atoms with Crippen LogP contribution in [0.4, 0.5) is 5.82 Å². The second-order valence-corrected chi connectivity index (χ2v) is 7.87. The highest BCUT2D eigenvalue weighted by Crippen LogP contribution is 2.34. The van der Waals surface area contributed by atoms with Gasteiger partial charge in [0.2, 0.25) is 0 Å². The first-order valence-electron chi connectivity index (χ1n) is 9.91. The first-order valence-corrected chi connectivity index (χ1v) is 10.3. The molecule has 0 bridgehead atoms. The molecule has 2 amide bonds. The van der Waals surface area contributed by atoms with Crippen molar-refractivity contribution in [3.63, 3.8) is 0 Å². The van der Waals surface area contributed by atoms with Crippen LogP contribution in [0.2, 0.25) is 5.02 Å². The van der Waals surface area contributed by atoms with E-state index >= 15 is 0 Å². The van der Waals surface area contributed by atoms with Crippen molar-refractivity contribution >= 4 is 46.0 Å². The average molecular weight is 438 g/mol. The maximum atomic E-state index is 12.5. The van der Waals surface area contributed by atoms with E-state index in [9.17, 15) is 19.5 Å². The number of nitrogens with one attached hydrogen (secondary N) is 1. The second kappa shape index (κ2) is 8.73. The van der Waals surface area contributed by atoms with Crippen LogP contribution in [-0.2, 0) is 9.59 Å². The highest BCUT2D eigenvalue weighted by molar-refractivity contribution is 6.39. The van der Waals surface area contributed by atoms with Crippen LogP contribution >= 0.6 is 11.6 Å². The van der Waals surface area contributed by atoms with Crippen molar-refractivity contribution in [3.05, 3.63) is 70.9 Å². The zero-order valence-corrected chi connectivity index (χ0v) is 17.3. The van der Waals surface area contributed by atoms with Crippen LogP contribution in [0, 0.1) is 0 Å². The van der Waals surface area contributed by atoms with Crippen molar-refractivity contribution in [2.24, 2.45) is 0 Å². The minimum Gasteiger partial charge on any atom is -0.478 e. The van der Waals surface area contributed by atoms with E-state index in [1.807, 2.05) is 30.3 Å². The van der Waals surface area contributed by atoms with Gasteiger partial charge in [0, 0.05) is 19.3 Å². The van der Waals surface area contributed by atoms with Gasteiger partial charge in [0.15, 0.2) is 0 Å². The summed E-state index contributed by atoms with van der Waals surface area (Å²) in [5.74, 6) is -1.84. The van der Waals surface area contributed by atoms with Crippen molar-refractivity contribution < 1.29 is 19.5 Å². The fourth-order valence-corrected chi connectivity index (χ4v) is 4.13. The van der Waals surface area contributed by atoms with E-state index in [1.165, 1.54) is 17.2 Å². The standard InChI is InChI=1S/C23H20ClN3O4/c24-15-5-8-20(25-13-15)26-21(28)22(29)27-11-9-14(10-12-27)16-6-7-19(23(30)31)18-4-2-1-3-17(16)18/h1-8,13-14H,9-12H2,(H,30,31)(H,25,26,28). The number of carbonyl (C=O) groups excluding carboxylic acids is 2. The van der Waals surface area contributed by atoms with Crippen LogP contribution in [0.25, 0.3) is 10.8 Å². The predicted octanol–water partition coefficient (Wildman–Crippen LogP) is 3.93. The van der Waals surface area contributed by atoms with Gasteiger partial charge in [-0.15, -0.1) is 0 Å². The molecule has 4 rings (SSSR count). The topological polar surface area (TPSA) is 99.6 Å². The summed E-state index contributed by atoms with van der Waals surface area (Å²) in [6.45, 7) is 0.889. The van der Waals surface area contributed by atoms with Crippen LogP contribution in [0.15, 0.2) is 54.7 Å². The van der Waals surface area contributed by atoms with E-state index in [0.717, 1.165) is 10.9 Å². The molecule has 2 N–H and O–H groups in total. The largest absolute Gasteiger partial charge is 0.478 e. The van der Waals surface area contributed by atoms with Crippen molar-refractivity contribution in [1.82, 2.24) is 9.88 Å². The summed E-state index contributed by atoms with van der Waals surface area (Å²) in [5.41, 5.74) is 1.35. The van der Waals surface area contributed by atoms with E-state index in [0.29, 0.717) is 36.3 Å². The van der Waals surface area contributed by atoms with Gasteiger partial charge >= 0.3 is 17.8 Å². The highest BCUT2D eigenvalue weighted by Gasteiger charge is 2.29. The molecule has 158 valence electrons. The van der Waals surface area contributed by atoms with E-state index < -0.39 is 17.8 Å². The number of hydrogen-bond donors (Lipinski definition) is 2. The van der Waals surface area contributed by atoms with Gasteiger partial charge in [0.1, 0.15) is 5.82 Å². The number of aromatic nitrogens is 1. The van der Waals surface area contributed by atoms with Crippen LogP contribution in [-0.4, -0.2) is 45.9 Å². The number of aromatic carboxylic acids is 1. The van der Waals surface area contributed by atoms with Crippen molar-refractivity contribution in [1.29, 1.82) is 0 Å². The number of benzene rings is 2. The number of carboxylic acids is 1. The number of piperidine rings is 1. The Morgan fingerprint density at radius 1 is 1.00 bits per heavy atom. The zero-order valence-electron chi connectivity index (χ0n) is 16.5. The molecule has 0 radical (unpaired) electrons. The lowest BCUT2D eigenvalue weighted by Crippen LogP contribution is -2.43. The maximum absolute atomic E-state index is 12.5. The first kappa shape index (κ1) is 20.8. The Bertz CT molecular complexity index is 1160. The molecule has 0 aliphatic carbocycles.